The Kier molecular flexibility index (Phi) is 4.64. The molecule has 2 fully saturated rings. The molecule has 2 atom stereocenters. The van der Waals surface area contributed by atoms with Gasteiger partial charge in [0.05, 0.1) is 0 Å². The van der Waals surface area contributed by atoms with Crippen molar-refractivity contribution < 1.29 is 8.42 Å². The highest BCUT2D eigenvalue weighted by Crippen LogP contribution is 2.19. The van der Waals surface area contributed by atoms with Crippen LogP contribution in [0.5, 0.6) is 0 Å². The number of hydrogen-bond donors (Lipinski definition) is 2. The maximum absolute atomic E-state index is 11.7. The third kappa shape index (κ3) is 4.50. The molecule has 0 aromatic heterocycles. The predicted molar refractivity (Wildman–Crippen MR) is 72.5 cm³/mol. The van der Waals surface area contributed by atoms with Gasteiger partial charge in [0, 0.05) is 25.2 Å². The van der Waals surface area contributed by atoms with Crippen molar-refractivity contribution in [2.45, 2.75) is 51.6 Å². The van der Waals surface area contributed by atoms with Gasteiger partial charge in [0.15, 0.2) is 0 Å². The molecule has 1 heterocycles. The standard InChI is InChI=1S/C12H25N3O2S/c1-10-4-3-7-15(9-10)11(2)8-13-18(16,17)14-12-5-6-12/h10-14H,3-9H2,1-2H3. The van der Waals surface area contributed by atoms with Gasteiger partial charge in [-0.3, -0.25) is 4.90 Å². The zero-order valence-corrected chi connectivity index (χ0v) is 12.2. The van der Waals surface area contributed by atoms with Gasteiger partial charge in [-0.1, -0.05) is 6.92 Å². The fourth-order valence-electron chi connectivity index (χ4n) is 2.45. The lowest BCUT2D eigenvalue weighted by atomic mass is 9.99. The van der Waals surface area contributed by atoms with Crippen LogP contribution >= 0.6 is 0 Å². The molecule has 2 rings (SSSR count). The molecule has 0 radical (unpaired) electrons. The Balaban J connectivity index is 1.74. The first-order valence-corrected chi connectivity index (χ1v) is 8.45. The molecule has 0 spiro atoms. The Morgan fingerprint density at radius 2 is 2.06 bits per heavy atom. The Labute approximate surface area is 110 Å². The molecule has 18 heavy (non-hydrogen) atoms. The van der Waals surface area contributed by atoms with E-state index in [2.05, 4.69) is 28.2 Å². The van der Waals surface area contributed by atoms with Gasteiger partial charge < -0.3 is 0 Å². The van der Waals surface area contributed by atoms with Crippen molar-refractivity contribution in [2.24, 2.45) is 5.92 Å². The van der Waals surface area contributed by atoms with Crippen molar-refractivity contribution in [3.05, 3.63) is 0 Å². The van der Waals surface area contributed by atoms with Crippen LogP contribution < -0.4 is 9.44 Å². The van der Waals surface area contributed by atoms with Crippen LogP contribution in [0.1, 0.15) is 39.5 Å². The van der Waals surface area contributed by atoms with Gasteiger partial charge in [0.1, 0.15) is 0 Å². The molecule has 6 heteroatoms. The van der Waals surface area contributed by atoms with Crippen LogP contribution in [0.15, 0.2) is 0 Å². The van der Waals surface area contributed by atoms with E-state index in [1.54, 1.807) is 0 Å². The van der Waals surface area contributed by atoms with Crippen LogP contribution in [0, 0.1) is 5.92 Å². The predicted octanol–water partition coefficient (Wildman–Crippen LogP) is 0.693. The number of nitrogens with zero attached hydrogens (tertiary/aromatic N) is 1. The minimum Gasteiger partial charge on any atom is -0.299 e. The molecule has 1 saturated carbocycles. The number of nitrogens with one attached hydrogen (secondary N) is 2. The van der Waals surface area contributed by atoms with Gasteiger partial charge in [-0.05, 0) is 45.1 Å². The molecule has 0 amide bonds. The smallest absolute Gasteiger partial charge is 0.277 e. The van der Waals surface area contributed by atoms with Crippen molar-refractivity contribution in [1.29, 1.82) is 0 Å². The normalized spacial score (nSPS) is 28.2. The van der Waals surface area contributed by atoms with Crippen molar-refractivity contribution in [3.63, 3.8) is 0 Å². The second-order valence-corrected chi connectivity index (χ2v) is 7.37. The van der Waals surface area contributed by atoms with Crippen LogP contribution in [0.4, 0.5) is 0 Å². The first-order valence-electron chi connectivity index (χ1n) is 6.97. The molecule has 0 aromatic carbocycles. The highest BCUT2D eigenvalue weighted by Gasteiger charge is 2.27. The minimum absolute atomic E-state index is 0.174. The number of hydrogen-bond acceptors (Lipinski definition) is 3. The van der Waals surface area contributed by atoms with Crippen molar-refractivity contribution in [1.82, 2.24) is 14.3 Å². The summed E-state index contributed by atoms with van der Waals surface area (Å²) in [7, 11) is -3.29. The molecule has 0 aromatic rings. The largest absolute Gasteiger partial charge is 0.299 e. The van der Waals surface area contributed by atoms with Gasteiger partial charge in [-0.15, -0.1) is 0 Å². The first-order chi connectivity index (χ1) is 8.46. The van der Waals surface area contributed by atoms with Gasteiger partial charge in [0.2, 0.25) is 0 Å². The maximum atomic E-state index is 11.7. The van der Waals surface area contributed by atoms with Gasteiger partial charge >= 0.3 is 0 Å². The average molecular weight is 275 g/mol. The summed E-state index contributed by atoms with van der Waals surface area (Å²) >= 11 is 0. The van der Waals surface area contributed by atoms with Crippen LogP contribution in [-0.4, -0.2) is 45.0 Å². The molecule has 2 unspecified atom stereocenters. The molecule has 1 aliphatic heterocycles. The van der Waals surface area contributed by atoms with Crippen LogP contribution in [0.2, 0.25) is 0 Å². The van der Waals surface area contributed by atoms with E-state index in [9.17, 15) is 8.42 Å². The summed E-state index contributed by atoms with van der Waals surface area (Å²) in [4.78, 5) is 2.38. The lowest BCUT2D eigenvalue weighted by molar-refractivity contribution is 0.140. The van der Waals surface area contributed by atoms with E-state index in [1.165, 1.54) is 12.8 Å². The van der Waals surface area contributed by atoms with E-state index in [4.69, 9.17) is 0 Å². The molecular formula is C12H25N3O2S. The van der Waals surface area contributed by atoms with Gasteiger partial charge in [-0.25, -0.2) is 4.72 Å². The molecule has 0 bridgehead atoms. The molecular weight excluding hydrogens is 250 g/mol. The zero-order chi connectivity index (χ0) is 13.2. The van der Waals surface area contributed by atoms with Crippen LogP contribution in [0.3, 0.4) is 0 Å². The zero-order valence-electron chi connectivity index (χ0n) is 11.4. The average Bonchev–Trinajstić information content (AvgIpc) is 3.09. The maximum Gasteiger partial charge on any atom is 0.277 e. The molecule has 2 aliphatic rings. The Morgan fingerprint density at radius 3 is 2.67 bits per heavy atom. The molecule has 106 valence electrons. The number of rotatable bonds is 6. The summed E-state index contributed by atoms with van der Waals surface area (Å²) < 4.78 is 28.7. The van der Waals surface area contributed by atoms with Crippen LogP contribution in [-0.2, 0) is 10.2 Å². The Morgan fingerprint density at radius 1 is 1.33 bits per heavy atom. The summed E-state index contributed by atoms with van der Waals surface area (Å²) in [6, 6.07) is 0.441. The lowest BCUT2D eigenvalue weighted by Crippen LogP contribution is -2.48. The molecule has 5 nitrogen and oxygen atoms in total. The van der Waals surface area contributed by atoms with Gasteiger partial charge in [0.25, 0.3) is 10.2 Å². The van der Waals surface area contributed by atoms with E-state index in [0.29, 0.717) is 6.54 Å². The fraction of sp³-hybridized carbons (Fsp3) is 1.00. The Bertz CT molecular complexity index is 368. The van der Waals surface area contributed by atoms with Crippen molar-refractivity contribution in [2.75, 3.05) is 19.6 Å². The lowest BCUT2D eigenvalue weighted by Gasteiger charge is -2.35. The molecule has 2 N–H and O–H groups in total. The van der Waals surface area contributed by atoms with Crippen molar-refractivity contribution in [3.8, 4) is 0 Å². The third-order valence-electron chi connectivity index (χ3n) is 3.78. The highest BCUT2D eigenvalue weighted by molar-refractivity contribution is 7.87. The van der Waals surface area contributed by atoms with E-state index in [1.807, 2.05) is 0 Å². The third-order valence-corrected chi connectivity index (χ3v) is 4.97. The molecule has 1 aliphatic carbocycles. The summed E-state index contributed by atoms with van der Waals surface area (Å²) in [5, 5.41) is 0. The Hall–Kier alpha value is -0.170. The summed E-state index contributed by atoms with van der Waals surface area (Å²) in [6.45, 7) is 7.02. The first kappa shape index (κ1) is 14.2. The summed E-state index contributed by atoms with van der Waals surface area (Å²) in [5.41, 5.74) is 0. The van der Waals surface area contributed by atoms with E-state index >= 15 is 0 Å². The SMILES string of the molecule is CC1CCCN(C(C)CNS(=O)(=O)NC2CC2)C1. The number of piperidine rings is 1. The highest BCUT2D eigenvalue weighted by atomic mass is 32.2. The minimum atomic E-state index is -3.29. The molecule has 1 saturated heterocycles. The monoisotopic (exact) mass is 275 g/mol. The fourth-order valence-corrected chi connectivity index (χ4v) is 3.67. The quantitative estimate of drug-likeness (QED) is 0.750. The topological polar surface area (TPSA) is 61.4 Å². The van der Waals surface area contributed by atoms with E-state index < -0.39 is 10.2 Å². The summed E-state index contributed by atoms with van der Waals surface area (Å²) in [6.07, 6.45) is 4.46. The second kappa shape index (κ2) is 5.86. The second-order valence-electron chi connectivity index (χ2n) is 5.84. The van der Waals surface area contributed by atoms with E-state index in [-0.39, 0.29) is 12.1 Å². The van der Waals surface area contributed by atoms with Gasteiger partial charge in [-0.2, -0.15) is 13.1 Å². The van der Waals surface area contributed by atoms with Crippen LogP contribution in [0.25, 0.3) is 0 Å². The van der Waals surface area contributed by atoms with E-state index in [0.717, 1.165) is 31.8 Å². The van der Waals surface area contributed by atoms with Crippen molar-refractivity contribution >= 4 is 10.2 Å². The number of likely N-dealkylation sites (tertiary alicyclic amines) is 1. The summed E-state index contributed by atoms with van der Waals surface area (Å²) in [5.74, 6) is 0.724.